The smallest absolute Gasteiger partial charge is 0.326 e. The molecular weight excluding hydrogens is 270 g/mol. The second kappa shape index (κ2) is 7.11. The van der Waals surface area contributed by atoms with E-state index in [2.05, 4.69) is 0 Å². The fourth-order valence-electron chi connectivity index (χ4n) is 2.52. The van der Waals surface area contributed by atoms with Gasteiger partial charge < -0.3 is 14.7 Å². The summed E-state index contributed by atoms with van der Waals surface area (Å²) in [7, 11) is 0. The Morgan fingerprint density at radius 3 is 2.67 bits per heavy atom. The van der Waals surface area contributed by atoms with Crippen LogP contribution in [-0.2, 0) is 9.59 Å². The number of rotatable bonds is 5. The summed E-state index contributed by atoms with van der Waals surface area (Å²) in [6.45, 7) is 2.79. The summed E-state index contributed by atoms with van der Waals surface area (Å²) in [5, 5.41) is 9.16. The minimum absolute atomic E-state index is 0.144. The lowest BCUT2D eigenvalue weighted by atomic mass is 10.0. The van der Waals surface area contributed by atoms with E-state index in [1.54, 1.807) is 0 Å². The molecule has 1 fully saturated rings. The Morgan fingerprint density at radius 1 is 1.29 bits per heavy atom. The molecule has 0 saturated carbocycles. The van der Waals surface area contributed by atoms with Crippen molar-refractivity contribution in [1.29, 1.82) is 0 Å². The van der Waals surface area contributed by atoms with Gasteiger partial charge in [-0.1, -0.05) is 17.7 Å². The van der Waals surface area contributed by atoms with E-state index in [-0.39, 0.29) is 18.9 Å². The van der Waals surface area contributed by atoms with Gasteiger partial charge in [0.2, 0.25) is 5.91 Å². The van der Waals surface area contributed by atoms with E-state index in [9.17, 15) is 9.59 Å². The molecule has 114 valence electrons. The van der Waals surface area contributed by atoms with E-state index in [1.165, 1.54) is 4.90 Å². The second-order valence-electron chi connectivity index (χ2n) is 5.35. The molecule has 0 radical (unpaired) electrons. The molecule has 1 atom stereocenters. The maximum Gasteiger partial charge on any atom is 0.326 e. The molecule has 1 aliphatic rings. The Kier molecular flexibility index (Phi) is 5.20. The van der Waals surface area contributed by atoms with Crippen LogP contribution in [0.15, 0.2) is 24.3 Å². The first-order valence-corrected chi connectivity index (χ1v) is 7.29. The first-order valence-electron chi connectivity index (χ1n) is 7.29. The largest absolute Gasteiger partial charge is 0.493 e. The van der Waals surface area contributed by atoms with Crippen LogP contribution in [-0.4, -0.2) is 41.1 Å². The van der Waals surface area contributed by atoms with Crippen LogP contribution in [0.1, 0.15) is 31.2 Å². The van der Waals surface area contributed by atoms with Crippen molar-refractivity contribution in [3.05, 3.63) is 29.8 Å². The number of carboxylic acids is 1. The van der Waals surface area contributed by atoms with Gasteiger partial charge in [0.15, 0.2) is 0 Å². The Morgan fingerprint density at radius 2 is 2.00 bits per heavy atom. The number of carbonyl (C=O) groups excluding carboxylic acids is 1. The lowest BCUT2D eigenvalue weighted by Gasteiger charge is -2.33. The third kappa shape index (κ3) is 4.21. The monoisotopic (exact) mass is 291 g/mol. The van der Waals surface area contributed by atoms with Gasteiger partial charge in [0.25, 0.3) is 0 Å². The molecule has 1 aromatic rings. The average Bonchev–Trinajstić information content (AvgIpc) is 2.49. The summed E-state index contributed by atoms with van der Waals surface area (Å²) in [4.78, 5) is 24.8. The molecule has 1 heterocycles. The van der Waals surface area contributed by atoms with Crippen LogP contribution >= 0.6 is 0 Å². The number of hydrogen-bond donors (Lipinski definition) is 1. The number of piperidine rings is 1. The topological polar surface area (TPSA) is 66.8 Å². The van der Waals surface area contributed by atoms with Gasteiger partial charge >= 0.3 is 5.97 Å². The molecule has 0 unspecified atom stereocenters. The van der Waals surface area contributed by atoms with E-state index in [0.717, 1.165) is 24.2 Å². The maximum atomic E-state index is 12.1. The molecule has 1 amide bonds. The third-order valence-electron chi connectivity index (χ3n) is 3.71. The molecule has 21 heavy (non-hydrogen) atoms. The number of benzene rings is 1. The lowest BCUT2D eigenvalue weighted by molar-refractivity contribution is -0.152. The standard InChI is InChI=1S/C16H21NO4/c1-12-5-7-13(8-6-12)21-11-9-15(18)17-10-3-2-4-14(17)16(19)20/h5-8,14H,2-4,9-11H2,1H3,(H,19,20)/t14-/m1/s1. The SMILES string of the molecule is Cc1ccc(OCCC(=O)N2CCCC[C@@H]2C(=O)O)cc1. The van der Waals surface area contributed by atoms with Gasteiger partial charge in [0, 0.05) is 6.54 Å². The quantitative estimate of drug-likeness (QED) is 0.903. The van der Waals surface area contributed by atoms with Crippen LogP contribution in [0.5, 0.6) is 5.75 Å². The number of aliphatic carboxylic acids is 1. The number of ether oxygens (including phenoxy) is 1. The summed E-state index contributed by atoms with van der Waals surface area (Å²) in [6, 6.07) is 6.94. The predicted molar refractivity (Wildman–Crippen MR) is 78.3 cm³/mol. The summed E-state index contributed by atoms with van der Waals surface area (Å²) >= 11 is 0. The van der Waals surface area contributed by atoms with E-state index in [1.807, 2.05) is 31.2 Å². The highest BCUT2D eigenvalue weighted by Gasteiger charge is 2.31. The molecule has 0 bridgehead atoms. The molecule has 5 heteroatoms. The molecule has 1 aromatic carbocycles. The van der Waals surface area contributed by atoms with Gasteiger partial charge in [0.1, 0.15) is 11.8 Å². The maximum absolute atomic E-state index is 12.1. The van der Waals surface area contributed by atoms with Gasteiger partial charge in [-0.2, -0.15) is 0 Å². The third-order valence-corrected chi connectivity index (χ3v) is 3.71. The number of nitrogens with zero attached hydrogens (tertiary/aromatic N) is 1. The zero-order chi connectivity index (χ0) is 15.2. The van der Waals surface area contributed by atoms with E-state index in [4.69, 9.17) is 9.84 Å². The van der Waals surface area contributed by atoms with E-state index in [0.29, 0.717) is 13.0 Å². The van der Waals surface area contributed by atoms with Crippen molar-refractivity contribution >= 4 is 11.9 Å². The molecule has 2 rings (SSSR count). The van der Waals surface area contributed by atoms with Crippen molar-refractivity contribution in [1.82, 2.24) is 4.90 Å². The minimum Gasteiger partial charge on any atom is -0.493 e. The highest BCUT2D eigenvalue weighted by molar-refractivity contribution is 5.83. The summed E-state index contributed by atoms with van der Waals surface area (Å²) in [5.41, 5.74) is 1.15. The van der Waals surface area contributed by atoms with E-state index < -0.39 is 12.0 Å². The van der Waals surface area contributed by atoms with Crippen molar-refractivity contribution in [3.63, 3.8) is 0 Å². The Labute approximate surface area is 124 Å². The first-order chi connectivity index (χ1) is 10.1. The summed E-state index contributed by atoms with van der Waals surface area (Å²) in [5.74, 6) is -0.335. The molecule has 1 aliphatic heterocycles. The molecule has 0 aliphatic carbocycles. The minimum atomic E-state index is -0.914. The van der Waals surface area contributed by atoms with Crippen LogP contribution in [0.4, 0.5) is 0 Å². The van der Waals surface area contributed by atoms with Gasteiger partial charge in [-0.05, 0) is 38.3 Å². The lowest BCUT2D eigenvalue weighted by Crippen LogP contribution is -2.48. The van der Waals surface area contributed by atoms with Crippen molar-refractivity contribution in [2.24, 2.45) is 0 Å². The number of carbonyl (C=O) groups is 2. The van der Waals surface area contributed by atoms with E-state index >= 15 is 0 Å². The molecular formula is C16H21NO4. The number of aryl methyl sites for hydroxylation is 1. The van der Waals surface area contributed by atoms with Crippen molar-refractivity contribution < 1.29 is 19.4 Å². The Bertz CT molecular complexity index is 498. The molecule has 1 N–H and O–H groups in total. The Balaban J connectivity index is 1.83. The summed E-state index contributed by atoms with van der Waals surface area (Å²) in [6.07, 6.45) is 2.48. The van der Waals surface area contributed by atoms with Crippen LogP contribution in [0.2, 0.25) is 0 Å². The van der Waals surface area contributed by atoms with Crippen molar-refractivity contribution in [2.75, 3.05) is 13.2 Å². The molecule has 5 nitrogen and oxygen atoms in total. The highest BCUT2D eigenvalue weighted by Crippen LogP contribution is 2.18. The summed E-state index contributed by atoms with van der Waals surface area (Å²) < 4.78 is 5.52. The number of likely N-dealkylation sites (tertiary alicyclic amines) is 1. The molecule has 1 saturated heterocycles. The van der Waals surface area contributed by atoms with Crippen LogP contribution in [0.3, 0.4) is 0 Å². The number of carboxylic acid groups (broad SMARTS) is 1. The second-order valence-corrected chi connectivity index (χ2v) is 5.35. The van der Waals surface area contributed by atoms with Gasteiger partial charge in [0.05, 0.1) is 13.0 Å². The first kappa shape index (κ1) is 15.4. The fourth-order valence-corrected chi connectivity index (χ4v) is 2.52. The average molecular weight is 291 g/mol. The van der Waals surface area contributed by atoms with Crippen LogP contribution < -0.4 is 4.74 Å². The van der Waals surface area contributed by atoms with Crippen LogP contribution in [0.25, 0.3) is 0 Å². The van der Waals surface area contributed by atoms with Gasteiger partial charge in [-0.15, -0.1) is 0 Å². The van der Waals surface area contributed by atoms with Crippen LogP contribution in [0, 0.1) is 6.92 Å². The zero-order valence-electron chi connectivity index (χ0n) is 12.2. The highest BCUT2D eigenvalue weighted by atomic mass is 16.5. The van der Waals surface area contributed by atoms with Crippen molar-refractivity contribution in [2.45, 2.75) is 38.6 Å². The fraction of sp³-hybridized carbons (Fsp3) is 0.500. The Hall–Kier alpha value is -2.04. The van der Waals surface area contributed by atoms with Crippen molar-refractivity contribution in [3.8, 4) is 5.75 Å². The van der Waals surface area contributed by atoms with Gasteiger partial charge in [-0.25, -0.2) is 4.79 Å². The predicted octanol–water partition coefficient (Wildman–Crippen LogP) is 2.23. The number of hydrogen-bond acceptors (Lipinski definition) is 3. The molecule has 0 aromatic heterocycles. The molecule has 0 spiro atoms. The normalized spacial score (nSPS) is 18.3. The number of amides is 1. The van der Waals surface area contributed by atoms with Gasteiger partial charge in [-0.3, -0.25) is 4.79 Å². The zero-order valence-corrected chi connectivity index (χ0v) is 12.2.